The number of aromatic hydroxyl groups is 1. The van der Waals surface area contributed by atoms with E-state index in [1.807, 2.05) is 13.8 Å². The minimum absolute atomic E-state index is 0.0154. The lowest BCUT2D eigenvalue weighted by atomic mass is 10.2. The molecule has 0 bridgehead atoms. The van der Waals surface area contributed by atoms with Crippen molar-refractivity contribution in [2.24, 2.45) is 5.10 Å². The third kappa shape index (κ3) is 4.76. The van der Waals surface area contributed by atoms with Gasteiger partial charge in [-0.1, -0.05) is 6.07 Å². The van der Waals surface area contributed by atoms with Crippen LogP contribution in [0.2, 0.25) is 0 Å². The summed E-state index contributed by atoms with van der Waals surface area (Å²) < 4.78 is 15.8. The standard InChI is InChI=1S/C12H19N2O4PS/c1-4-17-19(20,18-5-2)14-13-9-10-7-6-8-11(16-3)12(10)15/h6-9,15H,4-5H2,1-3H3,(H,14,20). The number of hydrazone groups is 1. The average molecular weight is 318 g/mol. The number of rotatable bonds is 8. The van der Waals surface area contributed by atoms with E-state index in [0.717, 1.165) is 0 Å². The van der Waals surface area contributed by atoms with E-state index in [4.69, 9.17) is 25.6 Å². The molecule has 0 aromatic heterocycles. The first kappa shape index (κ1) is 16.9. The Morgan fingerprint density at radius 2 is 2.00 bits per heavy atom. The first-order chi connectivity index (χ1) is 9.56. The van der Waals surface area contributed by atoms with E-state index in [2.05, 4.69) is 10.3 Å². The molecule has 0 unspecified atom stereocenters. The fraction of sp³-hybridized carbons (Fsp3) is 0.417. The van der Waals surface area contributed by atoms with Gasteiger partial charge in [0, 0.05) is 5.56 Å². The van der Waals surface area contributed by atoms with Crippen molar-refractivity contribution in [2.75, 3.05) is 20.3 Å². The van der Waals surface area contributed by atoms with Crippen molar-refractivity contribution < 1.29 is 18.9 Å². The molecule has 0 aliphatic carbocycles. The number of hydrogen-bond donors (Lipinski definition) is 2. The van der Waals surface area contributed by atoms with Gasteiger partial charge in [0.15, 0.2) is 11.5 Å². The molecule has 0 aliphatic rings. The molecule has 0 radical (unpaired) electrons. The molecule has 0 saturated carbocycles. The molecule has 1 aromatic rings. The van der Waals surface area contributed by atoms with E-state index in [-0.39, 0.29) is 5.75 Å². The molecule has 0 saturated heterocycles. The van der Waals surface area contributed by atoms with Gasteiger partial charge >= 0.3 is 6.64 Å². The van der Waals surface area contributed by atoms with E-state index in [1.165, 1.54) is 13.3 Å². The van der Waals surface area contributed by atoms with Crippen LogP contribution in [0.3, 0.4) is 0 Å². The van der Waals surface area contributed by atoms with Crippen molar-refractivity contribution in [1.29, 1.82) is 0 Å². The third-order valence-electron chi connectivity index (χ3n) is 2.23. The maximum atomic E-state index is 9.90. The summed E-state index contributed by atoms with van der Waals surface area (Å²) in [4.78, 5) is 0. The Morgan fingerprint density at radius 3 is 2.55 bits per heavy atom. The van der Waals surface area contributed by atoms with Crippen LogP contribution in [-0.2, 0) is 20.9 Å². The molecule has 1 rings (SSSR count). The van der Waals surface area contributed by atoms with Crippen LogP contribution in [0.1, 0.15) is 19.4 Å². The van der Waals surface area contributed by atoms with Gasteiger partial charge in [0.25, 0.3) is 0 Å². The first-order valence-electron chi connectivity index (χ1n) is 6.11. The van der Waals surface area contributed by atoms with Crippen molar-refractivity contribution in [1.82, 2.24) is 5.20 Å². The van der Waals surface area contributed by atoms with Crippen molar-refractivity contribution >= 4 is 24.7 Å². The van der Waals surface area contributed by atoms with Crippen LogP contribution < -0.4 is 9.93 Å². The van der Waals surface area contributed by atoms with Crippen LogP contribution in [0.4, 0.5) is 0 Å². The lowest BCUT2D eigenvalue weighted by Gasteiger charge is -2.19. The smallest absolute Gasteiger partial charge is 0.303 e. The van der Waals surface area contributed by atoms with Gasteiger partial charge in [-0.3, -0.25) is 0 Å². The summed E-state index contributed by atoms with van der Waals surface area (Å²) in [5.41, 5.74) is 0.506. The molecule has 20 heavy (non-hydrogen) atoms. The van der Waals surface area contributed by atoms with Crippen LogP contribution in [0.15, 0.2) is 23.3 Å². The second-order valence-corrected chi connectivity index (χ2v) is 6.74. The van der Waals surface area contributed by atoms with Crippen LogP contribution in [0, 0.1) is 0 Å². The molecule has 2 N–H and O–H groups in total. The van der Waals surface area contributed by atoms with Gasteiger partial charge in [0.2, 0.25) is 0 Å². The topological polar surface area (TPSA) is 72.3 Å². The number of nitrogens with zero attached hydrogens (tertiary/aromatic N) is 1. The molecule has 0 aliphatic heterocycles. The van der Waals surface area contributed by atoms with Crippen LogP contribution in [-0.4, -0.2) is 31.6 Å². The number of phenols is 1. The zero-order valence-electron chi connectivity index (χ0n) is 11.7. The summed E-state index contributed by atoms with van der Waals surface area (Å²) in [6.45, 7) is 1.92. The fourth-order valence-corrected chi connectivity index (χ4v) is 3.26. The van der Waals surface area contributed by atoms with E-state index < -0.39 is 6.64 Å². The normalized spacial score (nSPS) is 11.8. The quantitative estimate of drug-likeness (QED) is 0.436. The van der Waals surface area contributed by atoms with Gasteiger partial charge in [-0.25, -0.2) is 5.20 Å². The predicted molar refractivity (Wildman–Crippen MR) is 82.9 cm³/mol. The van der Waals surface area contributed by atoms with Gasteiger partial charge in [0.1, 0.15) is 0 Å². The number of para-hydroxylation sites is 1. The van der Waals surface area contributed by atoms with Crippen molar-refractivity contribution in [2.45, 2.75) is 13.8 Å². The summed E-state index contributed by atoms with van der Waals surface area (Å²) >= 11 is 5.25. The van der Waals surface area contributed by atoms with Crippen molar-refractivity contribution in [3.05, 3.63) is 23.8 Å². The number of hydrogen-bond acceptors (Lipinski definition) is 6. The zero-order chi connectivity index (χ0) is 15.0. The highest BCUT2D eigenvalue weighted by Gasteiger charge is 2.16. The Morgan fingerprint density at radius 1 is 1.35 bits per heavy atom. The Kier molecular flexibility index (Phi) is 6.95. The zero-order valence-corrected chi connectivity index (χ0v) is 13.4. The molecule has 0 atom stereocenters. The molecule has 0 fully saturated rings. The minimum Gasteiger partial charge on any atom is -0.504 e. The summed E-state index contributed by atoms with van der Waals surface area (Å²) in [5.74, 6) is 0.393. The lowest BCUT2D eigenvalue weighted by molar-refractivity contribution is 0.259. The Balaban J connectivity index is 2.80. The number of methoxy groups -OCH3 is 1. The SMILES string of the molecule is CCOP(=S)(NN=Cc1cccc(OC)c1O)OCC. The van der Waals surface area contributed by atoms with E-state index in [0.29, 0.717) is 24.5 Å². The molecule has 0 heterocycles. The molecule has 0 spiro atoms. The van der Waals surface area contributed by atoms with Crippen molar-refractivity contribution in [3.63, 3.8) is 0 Å². The number of ether oxygens (including phenoxy) is 1. The number of nitrogens with one attached hydrogen (secondary N) is 1. The maximum absolute atomic E-state index is 9.90. The van der Waals surface area contributed by atoms with Gasteiger partial charge in [0.05, 0.1) is 26.5 Å². The summed E-state index contributed by atoms with van der Waals surface area (Å²) in [6.07, 6.45) is 1.44. The first-order valence-corrected chi connectivity index (χ1v) is 8.75. The largest absolute Gasteiger partial charge is 0.504 e. The highest BCUT2D eigenvalue weighted by Crippen LogP contribution is 2.43. The average Bonchev–Trinajstić information content (AvgIpc) is 2.41. The number of phenolic OH excluding ortho intramolecular Hbond substituents is 1. The molecular formula is C12H19N2O4PS. The second-order valence-electron chi connectivity index (χ2n) is 3.59. The molecular weight excluding hydrogens is 299 g/mol. The van der Waals surface area contributed by atoms with Crippen LogP contribution in [0.25, 0.3) is 0 Å². The minimum atomic E-state index is -2.62. The van der Waals surface area contributed by atoms with E-state index >= 15 is 0 Å². The molecule has 112 valence electrons. The van der Waals surface area contributed by atoms with Gasteiger partial charge < -0.3 is 18.9 Å². The summed E-state index contributed by atoms with van der Waals surface area (Å²) in [5, 5.41) is 16.6. The molecule has 1 aromatic carbocycles. The Labute approximate surface area is 124 Å². The third-order valence-corrected chi connectivity index (χ3v) is 4.67. The van der Waals surface area contributed by atoms with Gasteiger partial charge in [-0.2, -0.15) is 5.10 Å². The van der Waals surface area contributed by atoms with Crippen LogP contribution in [0.5, 0.6) is 11.5 Å². The van der Waals surface area contributed by atoms with Crippen LogP contribution >= 0.6 is 6.64 Å². The number of benzene rings is 1. The molecule has 8 heteroatoms. The highest BCUT2D eigenvalue weighted by atomic mass is 32.5. The molecule has 0 amide bonds. The van der Waals surface area contributed by atoms with Crippen molar-refractivity contribution in [3.8, 4) is 11.5 Å². The maximum Gasteiger partial charge on any atom is 0.303 e. The fourth-order valence-electron chi connectivity index (χ4n) is 1.41. The van der Waals surface area contributed by atoms with E-state index in [1.54, 1.807) is 18.2 Å². The second kappa shape index (κ2) is 8.21. The van der Waals surface area contributed by atoms with Gasteiger partial charge in [-0.05, 0) is 37.8 Å². The molecule has 6 nitrogen and oxygen atoms in total. The summed E-state index contributed by atoms with van der Waals surface area (Å²) in [6, 6.07) is 5.11. The Hall–Kier alpha value is -1.14. The van der Waals surface area contributed by atoms with E-state index in [9.17, 15) is 5.11 Å². The monoisotopic (exact) mass is 318 g/mol. The predicted octanol–water partition coefficient (Wildman–Crippen LogP) is 2.62. The highest BCUT2D eigenvalue weighted by molar-refractivity contribution is 8.08. The lowest BCUT2D eigenvalue weighted by Crippen LogP contribution is -2.09. The Bertz CT molecular complexity index is 500. The van der Waals surface area contributed by atoms with Gasteiger partial charge in [-0.15, -0.1) is 0 Å². The summed E-state index contributed by atoms with van der Waals surface area (Å²) in [7, 11) is 1.48.